The summed E-state index contributed by atoms with van der Waals surface area (Å²) in [5.41, 5.74) is 2.24. The number of rotatable bonds is 2. The van der Waals surface area contributed by atoms with Crippen molar-refractivity contribution in [2.75, 3.05) is 38.1 Å². The minimum absolute atomic E-state index is 0.134. The molecule has 82 valence electrons. The molecule has 3 nitrogen and oxygen atoms in total. The molecule has 15 heavy (non-hydrogen) atoms. The normalized spacial score (nSPS) is 18.1. The third kappa shape index (κ3) is 2.30. The number of quaternary nitrogens is 1. The van der Waals surface area contributed by atoms with Gasteiger partial charge in [0.25, 0.3) is 0 Å². The highest BCUT2D eigenvalue weighted by Crippen LogP contribution is 2.19. The van der Waals surface area contributed by atoms with Crippen LogP contribution in [0.3, 0.4) is 0 Å². The molecule has 2 N–H and O–H groups in total. The zero-order chi connectivity index (χ0) is 10.7. The van der Waals surface area contributed by atoms with Crippen molar-refractivity contribution in [3.63, 3.8) is 0 Å². The fourth-order valence-corrected chi connectivity index (χ4v) is 2.08. The molecule has 1 heterocycles. The standard InChI is InChI=1S/C12H18N2O/c1-13-6-8-14(9-7-13)12-5-3-2-4-11(12)10-15/h2-5,15H,6-10H2,1H3/p+1. The van der Waals surface area contributed by atoms with Crippen LogP contribution in [0.25, 0.3) is 0 Å². The third-order valence-electron chi connectivity index (χ3n) is 3.12. The van der Waals surface area contributed by atoms with E-state index in [9.17, 15) is 5.11 Å². The van der Waals surface area contributed by atoms with Crippen LogP contribution >= 0.6 is 0 Å². The van der Waals surface area contributed by atoms with Crippen LogP contribution in [0.5, 0.6) is 0 Å². The molecule has 0 unspecified atom stereocenters. The second-order valence-corrected chi connectivity index (χ2v) is 4.23. The number of para-hydroxylation sites is 1. The number of anilines is 1. The van der Waals surface area contributed by atoms with Crippen LogP contribution in [-0.2, 0) is 6.61 Å². The summed E-state index contributed by atoms with van der Waals surface area (Å²) in [6.07, 6.45) is 0. The summed E-state index contributed by atoms with van der Waals surface area (Å²) in [5.74, 6) is 0. The number of aliphatic hydroxyl groups is 1. The summed E-state index contributed by atoms with van der Waals surface area (Å²) < 4.78 is 0. The Morgan fingerprint density at radius 3 is 2.60 bits per heavy atom. The van der Waals surface area contributed by atoms with E-state index in [0.29, 0.717) is 0 Å². The quantitative estimate of drug-likeness (QED) is 0.685. The lowest BCUT2D eigenvalue weighted by molar-refractivity contribution is -0.880. The summed E-state index contributed by atoms with van der Waals surface area (Å²) in [5, 5.41) is 9.27. The van der Waals surface area contributed by atoms with Crippen molar-refractivity contribution in [3.8, 4) is 0 Å². The van der Waals surface area contributed by atoms with E-state index >= 15 is 0 Å². The predicted molar refractivity (Wildman–Crippen MR) is 61.2 cm³/mol. The number of likely N-dealkylation sites (N-methyl/N-ethyl adjacent to an activating group) is 1. The molecule has 1 aliphatic rings. The van der Waals surface area contributed by atoms with Gasteiger partial charge in [0.05, 0.1) is 39.8 Å². The van der Waals surface area contributed by atoms with Crippen molar-refractivity contribution in [1.29, 1.82) is 0 Å². The maximum Gasteiger partial charge on any atom is 0.0947 e. The Labute approximate surface area is 90.9 Å². The van der Waals surface area contributed by atoms with Crippen molar-refractivity contribution < 1.29 is 10.0 Å². The average Bonchev–Trinajstić information content (AvgIpc) is 2.30. The molecule has 0 amide bonds. The molecule has 1 aromatic carbocycles. The van der Waals surface area contributed by atoms with Crippen LogP contribution in [0.4, 0.5) is 5.69 Å². The van der Waals surface area contributed by atoms with Crippen LogP contribution in [0.15, 0.2) is 24.3 Å². The maximum absolute atomic E-state index is 9.27. The van der Waals surface area contributed by atoms with E-state index in [1.165, 1.54) is 18.8 Å². The van der Waals surface area contributed by atoms with Gasteiger partial charge in [0.15, 0.2) is 0 Å². The fourth-order valence-electron chi connectivity index (χ4n) is 2.08. The summed E-state index contributed by atoms with van der Waals surface area (Å²) in [4.78, 5) is 3.96. The Kier molecular flexibility index (Phi) is 3.23. The van der Waals surface area contributed by atoms with Gasteiger partial charge in [-0.25, -0.2) is 0 Å². The first-order valence-corrected chi connectivity index (χ1v) is 5.56. The van der Waals surface area contributed by atoms with Gasteiger partial charge in [-0.2, -0.15) is 0 Å². The third-order valence-corrected chi connectivity index (χ3v) is 3.12. The van der Waals surface area contributed by atoms with Gasteiger partial charge in [-0.3, -0.25) is 0 Å². The highest BCUT2D eigenvalue weighted by atomic mass is 16.3. The maximum atomic E-state index is 9.27. The first-order chi connectivity index (χ1) is 7.31. The molecule has 0 bridgehead atoms. The van der Waals surface area contributed by atoms with Gasteiger partial charge in [0.2, 0.25) is 0 Å². The van der Waals surface area contributed by atoms with Crippen molar-refractivity contribution in [1.82, 2.24) is 0 Å². The predicted octanol–water partition coefficient (Wildman–Crippen LogP) is -0.486. The van der Waals surface area contributed by atoms with Crippen molar-refractivity contribution in [2.24, 2.45) is 0 Å². The van der Waals surface area contributed by atoms with Crippen LogP contribution in [-0.4, -0.2) is 38.3 Å². The molecule has 1 saturated heterocycles. The van der Waals surface area contributed by atoms with Gasteiger partial charge in [-0.1, -0.05) is 18.2 Å². The van der Waals surface area contributed by atoms with E-state index in [1.54, 1.807) is 4.90 Å². The second-order valence-electron chi connectivity index (χ2n) is 4.23. The highest BCUT2D eigenvalue weighted by molar-refractivity contribution is 5.53. The van der Waals surface area contributed by atoms with Crippen molar-refractivity contribution in [2.45, 2.75) is 6.61 Å². The van der Waals surface area contributed by atoms with Gasteiger partial charge in [-0.05, 0) is 6.07 Å². The zero-order valence-corrected chi connectivity index (χ0v) is 9.24. The van der Waals surface area contributed by atoms with E-state index < -0.39 is 0 Å². The van der Waals surface area contributed by atoms with Crippen LogP contribution in [0.2, 0.25) is 0 Å². The Morgan fingerprint density at radius 1 is 1.27 bits per heavy atom. The number of hydrogen-bond acceptors (Lipinski definition) is 2. The lowest BCUT2D eigenvalue weighted by Crippen LogP contribution is -3.12. The smallest absolute Gasteiger partial charge is 0.0947 e. The van der Waals surface area contributed by atoms with E-state index in [2.05, 4.69) is 18.0 Å². The Morgan fingerprint density at radius 2 is 1.93 bits per heavy atom. The highest BCUT2D eigenvalue weighted by Gasteiger charge is 2.18. The number of aliphatic hydroxyl groups excluding tert-OH is 1. The number of piperazine rings is 1. The molecule has 0 radical (unpaired) electrons. The minimum atomic E-state index is 0.134. The Bertz CT molecular complexity index is 319. The lowest BCUT2D eigenvalue weighted by Gasteiger charge is -2.32. The molecular weight excluding hydrogens is 188 g/mol. The number of benzene rings is 1. The van der Waals surface area contributed by atoms with E-state index in [4.69, 9.17) is 0 Å². The summed E-state index contributed by atoms with van der Waals surface area (Å²) in [6.45, 7) is 4.67. The lowest BCUT2D eigenvalue weighted by atomic mass is 10.1. The first kappa shape index (κ1) is 10.5. The molecular formula is C12H19N2O+. The molecule has 0 aliphatic carbocycles. The number of nitrogens with one attached hydrogen (secondary N) is 1. The molecule has 0 saturated carbocycles. The fraction of sp³-hybridized carbons (Fsp3) is 0.500. The van der Waals surface area contributed by atoms with Crippen LogP contribution < -0.4 is 9.80 Å². The van der Waals surface area contributed by atoms with E-state index in [1.807, 2.05) is 18.2 Å². The van der Waals surface area contributed by atoms with Gasteiger partial charge in [0, 0.05) is 11.3 Å². The summed E-state index contributed by atoms with van der Waals surface area (Å²) >= 11 is 0. The van der Waals surface area contributed by atoms with Crippen molar-refractivity contribution in [3.05, 3.63) is 29.8 Å². The summed E-state index contributed by atoms with van der Waals surface area (Å²) in [6, 6.07) is 8.13. The molecule has 0 spiro atoms. The minimum Gasteiger partial charge on any atom is -0.392 e. The summed E-state index contributed by atoms with van der Waals surface area (Å²) in [7, 11) is 2.23. The molecule has 0 aromatic heterocycles. The van der Waals surface area contributed by atoms with Crippen LogP contribution in [0.1, 0.15) is 5.56 Å². The van der Waals surface area contributed by atoms with E-state index in [0.717, 1.165) is 18.7 Å². The first-order valence-electron chi connectivity index (χ1n) is 5.56. The second kappa shape index (κ2) is 4.64. The van der Waals surface area contributed by atoms with Crippen molar-refractivity contribution >= 4 is 5.69 Å². The molecule has 0 atom stereocenters. The monoisotopic (exact) mass is 207 g/mol. The van der Waals surface area contributed by atoms with Gasteiger partial charge < -0.3 is 14.9 Å². The molecule has 3 heteroatoms. The number of hydrogen-bond donors (Lipinski definition) is 2. The molecule has 1 aliphatic heterocycles. The Hall–Kier alpha value is -1.06. The zero-order valence-electron chi connectivity index (χ0n) is 9.24. The molecule has 1 fully saturated rings. The van der Waals surface area contributed by atoms with Gasteiger partial charge in [0.1, 0.15) is 0 Å². The molecule has 2 rings (SSSR count). The van der Waals surface area contributed by atoms with Crippen LogP contribution in [0, 0.1) is 0 Å². The number of nitrogens with zero attached hydrogens (tertiary/aromatic N) is 1. The van der Waals surface area contributed by atoms with Gasteiger partial charge in [-0.15, -0.1) is 0 Å². The van der Waals surface area contributed by atoms with Gasteiger partial charge >= 0.3 is 0 Å². The SMILES string of the molecule is C[NH+]1CCN(c2ccccc2CO)CC1. The Balaban J connectivity index is 2.15. The molecule has 1 aromatic rings. The topological polar surface area (TPSA) is 27.9 Å². The average molecular weight is 207 g/mol. The largest absolute Gasteiger partial charge is 0.392 e. The van der Waals surface area contributed by atoms with E-state index in [-0.39, 0.29) is 6.61 Å².